The number of rotatable bonds is 9. The SMILES string of the molecule is Cc1nccn1-c1ccccc1CNC(=O)COc1ccc(CN(C)S(C)(=O)=O)cc1. The van der Waals surface area contributed by atoms with Crippen LogP contribution in [0.3, 0.4) is 0 Å². The number of amides is 1. The minimum Gasteiger partial charge on any atom is -0.484 e. The molecule has 1 N–H and O–H groups in total. The van der Waals surface area contributed by atoms with Gasteiger partial charge in [-0.05, 0) is 36.2 Å². The van der Waals surface area contributed by atoms with Gasteiger partial charge in [0.2, 0.25) is 10.0 Å². The van der Waals surface area contributed by atoms with Crippen LogP contribution in [0.4, 0.5) is 0 Å². The lowest BCUT2D eigenvalue weighted by molar-refractivity contribution is -0.123. The lowest BCUT2D eigenvalue weighted by Gasteiger charge is -2.14. The molecule has 1 heterocycles. The van der Waals surface area contributed by atoms with E-state index < -0.39 is 10.0 Å². The Morgan fingerprint density at radius 3 is 2.52 bits per heavy atom. The highest BCUT2D eigenvalue weighted by Crippen LogP contribution is 2.16. The predicted octanol–water partition coefficient (Wildman–Crippen LogP) is 2.27. The summed E-state index contributed by atoms with van der Waals surface area (Å²) in [6.07, 6.45) is 4.79. The van der Waals surface area contributed by atoms with Crippen LogP contribution >= 0.6 is 0 Å². The van der Waals surface area contributed by atoms with Gasteiger partial charge in [-0.25, -0.2) is 17.7 Å². The average Bonchev–Trinajstić information content (AvgIpc) is 3.17. The van der Waals surface area contributed by atoms with Crippen LogP contribution in [0.1, 0.15) is 17.0 Å². The maximum atomic E-state index is 12.2. The molecule has 9 heteroatoms. The summed E-state index contributed by atoms with van der Waals surface area (Å²) in [4.78, 5) is 16.5. The molecule has 0 saturated heterocycles. The number of carbonyl (C=O) groups excluding carboxylic acids is 1. The van der Waals surface area contributed by atoms with E-state index in [1.54, 1.807) is 30.5 Å². The van der Waals surface area contributed by atoms with Crippen molar-refractivity contribution in [1.29, 1.82) is 0 Å². The van der Waals surface area contributed by atoms with Crippen LogP contribution in [-0.4, -0.2) is 48.1 Å². The molecule has 8 nitrogen and oxygen atoms in total. The fourth-order valence-corrected chi connectivity index (χ4v) is 3.37. The third kappa shape index (κ3) is 6.16. The van der Waals surface area contributed by atoms with Gasteiger partial charge in [-0.3, -0.25) is 4.79 Å². The summed E-state index contributed by atoms with van der Waals surface area (Å²) in [5.74, 6) is 1.17. The van der Waals surface area contributed by atoms with E-state index in [0.29, 0.717) is 12.3 Å². The first-order chi connectivity index (χ1) is 14.7. The first kappa shape index (κ1) is 22.5. The number of benzene rings is 2. The Labute approximate surface area is 182 Å². The van der Waals surface area contributed by atoms with Crippen molar-refractivity contribution < 1.29 is 17.9 Å². The average molecular weight is 443 g/mol. The van der Waals surface area contributed by atoms with E-state index in [1.165, 1.54) is 11.4 Å². The van der Waals surface area contributed by atoms with Gasteiger partial charge in [0, 0.05) is 32.5 Å². The Morgan fingerprint density at radius 2 is 1.87 bits per heavy atom. The van der Waals surface area contributed by atoms with Gasteiger partial charge in [-0.1, -0.05) is 30.3 Å². The predicted molar refractivity (Wildman–Crippen MR) is 118 cm³/mol. The lowest BCUT2D eigenvalue weighted by Crippen LogP contribution is -2.28. The molecule has 0 atom stereocenters. The van der Waals surface area contributed by atoms with Crippen LogP contribution in [0, 0.1) is 6.92 Å². The first-order valence-corrected chi connectivity index (χ1v) is 11.6. The van der Waals surface area contributed by atoms with E-state index in [2.05, 4.69) is 10.3 Å². The number of hydrogen-bond acceptors (Lipinski definition) is 5. The van der Waals surface area contributed by atoms with E-state index in [0.717, 1.165) is 28.9 Å². The molecule has 0 fully saturated rings. The van der Waals surface area contributed by atoms with Gasteiger partial charge in [0.05, 0.1) is 11.9 Å². The quantitative estimate of drug-likeness (QED) is 0.549. The zero-order valence-electron chi connectivity index (χ0n) is 17.8. The Hall–Kier alpha value is -3.17. The summed E-state index contributed by atoms with van der Waals surface area (Å²) in [6.45, 7) is 2.45. The normalized spacial score (nSPS) is 11.5. The van der Waals surface area contributed by atoms with Crippen LogP contribution in [-0.2, 0) is 27.9 Å². The number of nitrogens with one attached hydrogen (secondary N) is 1. The molecule has 0 aliphatic heterocycles. The van der Waals surface area contributed by atoms with Gasteiger partial charge in [0.15, 0.2) is 6.61 Å². The molecule has 0 aliphatic rings. The van der Waals surface area contributed by atoms with Crippen LogP contribution in [0.5, 0.6) is 5.75 Å². The van der Waals surface area contributed by atoms with E-state index in [-0.39, 0.29) is 19.1 Å². The van der Waals surface area contributed by atoms with Crippen molar-refractivity contribution >= 4 is 15.9 Å². The third-order valence-electron chi connectivity index (χ3n) is 4.82. The highest BCUT2D eigenvalue weighted by atomic mass is 32.2. The highest BCUT2D eigenvalue weighted by Gasteiger charge is 2.12. The van der Waals surface area contributed by atoms with Crippen molar-refractivity contribution in [2.24, 2.45) is 0 Å². The van der Waals surface area contributed by atoms with Gasteiger partial charge in [-0.2, -0.15) is 0 Å². The van der Waals surface area contributed by atoms with E-state index in [1.807, 2.05) is 42.0 Å². The second kappa shape index (κ2) is 9.76. The molecule has 1 aromatic heterocycles. The molecule has 3 aromatic rings. The van der Waals surface area contributed by atoms with Crippen molar-refractivity contribution in [2.45, 2.75) is 20.0 Å². The molecule has 0 saturated carbocycles. The van der Waals surface area contributed by atoms with Crippen molar-refractivity contribution in [1.82, 2.24) is 19.2 Å². The number of ether oxygens (including phenoxy) is 1. The second-order valence-electron chi connectivity index (χ2n) is 7.20. The summed E-state index contributed by atoms with van der Waals surface area (Å²) in [6, 6.07) is 14.8. The number of sulfonamides is 1. The Morgan fingerprint density at radius 1 is 1.16 bits per heavy atom. The standard InChI is InChI=1S/C22H26N4O4S/c1-17-23-12-13-26(17)21-7-5-4-6-19(21)14-24-22(27)16-30-20-10-8-18(9-11-20)15-25(2)31(3,28)29/h4-13H,14-16H2,1-3H3,(H,24,27). The summed E-state index contributed by atoms with van der Waals surface area (Å²) < 4.78 is 31.8. The Kier molecular flexibility index (Phi) is 7.09. The fraction of sp³-hybridized carbons (Fsp3) is 0.273. The molecule has 0 aliphatic carbocycles. The zero-order chi connectivity index (χ0) is 22.4. The molecule has 0 radical (unpaired) electrons. The van der Waals surface area contributed by atoms with Gasteiger partial charge in [0.25, 0.3) is 5.91 Å². The molecular formula is C22H26N4O4S. The number of hydrogen-bond donors (Lipinski definition) is 1. The van der Waals surface area contributed by atoms with Gasteiger partial charge < -0.3 is 14.6 Å². The van der Waals surface area contributed by atoms with E-state index in [9.17, 15) is 13.2 Å². The van der Waals surface area contributed by atoms with Crippen LogP contribution in [0.2, 0.25) is 0 Å². The summed E-state index contributed by atoms with van der Waals surface area (Å²) >= 11 is 0. The molecular weight excluding hydrogens is 416 g/mol. The molecule has 0 bridgehead atoms. The smallest absolute Gasteiger partial charge is 0.258 e. The number of aryl methyl sites for hydroxylation is 1. The monoisotopic (exact) mass is 442 g/mol. The Bertz CT molecular complexity index is 1140. The van der Waals surface area contributed by atoms with Crippen molar-refractivity contribution in [3.63, 3.8) is 0 Å². The van der Waals surface area contributed by atoms with Crippen LogP contribution < -0.4 is 10.1 Å². The van der Waals surface area contributed by atoms with Gasteiger partial charge >= 0.3 is 0 Å². The zero-order valence-corrected chi connectivity index (χ0v) is 18.6. The number of aromatic nitrogens is 2. The second-order valence-corrected chi connectivity index (χ2v) is 9.29. The van der Waals surface area contributed by atoms with E-state index in [4.69, 9.17) is 4.74 Å². The highest BCUT2D eigenvalue weighted by molar-refractivity contribution is 7.88. The topological polar surface area (TPSA) is 93.5 Å². The minimum absolute atomic E-state index is 0.116. The molecule has 0 spiro atoms. The molecule has 164 valence electrons. The Balaban J connectivity index is 1.52. The lowest BCUT2D eigenvalue weighted by atomic mass is 10.1. The molecule has 2 aromatic carbocycles. The first-order valence-electron chi connectivity index (χ1n) is 9.72. The number of carbonyl (C=O) groups is 1. The van der Waals surface area contributed by atoms with Gasteiger partial charge in [-0.15, -0.1) is 0 Å². The molecule has 3 rings (SSSR count). The minimum atomic E-state index is -3.24. The summed E-state index contributed by atoms with van der Waals surface area (Å²) in [5.41, 5.74) is 2.76. The van der Waals surface area contributed by atoms with Crippen molar-refractivity contribution in [3.8, 4) is 11.4 Å². The van der Waals surface area contributed by atoms with Gasteiger partial charge in [0.1, 0.15) is 11.6 Å². The number of nitrogens with zero attached hydrogens (tertiary/aromatic N) is 3. The summed E-state index contributed by atoms with van der Waals surface area (Å²) in [5, 5.41) is 2.87. The van der Waals surface area contributed by atoms with Crippen LogP contribution in [0.15, 0.2) is 60.9 Å². The number of imidazole rings is 1. The number of para-hydroxylation sites is 1. The van der Waals surface area contributed by atoms with E-state index >= 15 is 0 Å². The van der Waals surface area contributed by atoms with Crippen molar-refractivity contribution in [3.05, 3.63) is 77.9 Å². The largest absolute Gasteiger partial charge is 0.484 e. The third-order valence-corrected chi connectivity index (χ3v) is 6.08. The maximum absolute atomic E-state index is 12.2. The molecule has 1 amide bonds. The van der Waals surface area contributed by atoms with Crippen LogP contribution in [0.25, 0.3) is 5.69 Å². The molecule has 31 heavy (non-hydrogen) atoms. The molecule has 0 unspecified atom stereocenters. The van der Waals surface area contributed by atoms with Crippen molar-refractivity contribution in [2.75, 3.05) is 19.9 Å². The maximum Gasteiger partial charge on any atom is 0.258 e. The fourth-order valence-electron chi connectivity index (χ4n) is 2.99. The summed E-state index contributed by atoms with van der Waals surface area (Å²) in [7, 11) is -1.71.